The van der Waals surface area contributed by atoms with Gasteiger partial charge in [0.15, 0.2) is 0 Å². The number of benzene rings is 3. The number of hydrogen-bond acceptors (Lipinski definition) is 2. The van der Waals surface area contributed by atoms with Gasteiger partial charge in [-0.15, -0.1) is 6.58 Å². The van der Waals surface area contributed by atoms with Crippen molar-refractivity contribution in [3.05, 3.63) is 120 Å². The molecule has 0 radical (unpaired) electrons. The maximum absolute atomic E-state index is 13.4. The SMILES string of the molecule is C=CCCC[C@@H](NC(=O)CC(c1ccccc1)(c1ccccc1)c1ccccc1)C(N)=O. The van der Waals surface area contributed by atoms with Crippen molar-refractivity contribution in [3.8, 4) is 0 Å². The Morgan fingerprint density at radius 1 is 0.844 bits per heavy atom. The maximum atomic E-state index is 13.4. The highest BCUT2D eigenvalue weighted by molar-refractivity contribution is 5.87. The molecule has 0 bridgehead atoms. The summed E-state index contributed by atoms with van der Waals surface area (Å²) >= 11 is 0. The second-order valence-electron chi connectivity index (χ2n) is 7.92. The lowest BCUT2D eigenvalue weighted by atomic mass is 9.67. The third kappa shape index (κ3) is 5.33. The molecule has 0 saturated heterocycles. The molecule has 0 aliphatic carbocycles. The van der Waals surface area contributed by atoms with Gasteiger partial charge in [-0.05, 0) is 36.0 Å². The van der Waals surface area contributed by atoms with Crippen LogP contribution in [0.4, 0.5) is 0 Å². The van der Waals surface area contributed by atoms with Gasteiger partial charge in [-0.3, -0.25) is 9.59 Å². The molecule has 3 aromatic carbocycles. The molecule has 3 aromatic rings. The molecule has 1 atom stereocenters. The van der Waals surface area contributed by atoms with Gasteiger partial charge >= 0.3 is 0 Å². The van der Waals surface area contributed by atoms with Gasteiger partial charge in [0.1, 0.15) is 6.04 Å². The van der Waals surface area contributed by atoms with Crippen LogP contribution in [0.2, 0.25) is 0 Å². The summed E-state index contributed by atoms with van der Waals surface area (Å²) in [6.45, 7) is 3.71. The Hall–Kier alpha value is -3.66. The zero-order valence-corrected chi connectivity index (χ0v) is 18.2. The predicted molar refractivity (Wildman–Crippen MR) is 129 cm³/mol. The van der Waals surface area contributed by atoms with Crippen LogP contribution in [0.25, 0.3) is 0 Å². The number of nitrogens with one attached hydrogen (secondary N) is 1. The molecule has 32 heavy (non-hydrogen) atoms. The molecule has 3 rings (SSSR count). The van der Waals surface area contributed by atoms with Crippen molar-refractivity contribution in [2.75, 3.05) is 0 Å². The minimum absolute atomic E-state index is 0.149. The number of primary amides is 1. The van der Waals surface area contributed by atoms with Gasteiger partial charge in [0, 0.05) is 6.42 Å². The molecule has 0 aliphatic rings. The van der Waals surface area contributed by atoms with Gasteiger partial charge < -0.3 is 11.1 Å². The summed E-state index contributed by atoms with van der Waals surface area (Å²) in [5, 5.41) is 2.89. The van der Waals surface area contributed by atoms with Crippen molar-refractivity contribution in [1.29, 1.82) is 0 Å². The van der Waals surface area contributed by atoms with Crippen molar-refractivity contribution in [3.63, 3.8) is 0 Å². The van der Waals surface area contributed by atoms with Crippen molar-refractivity contribution in [1.82, 2.24) is 5.32 Å². The second kappa shape index (κ2) is 11.1. The summed E-state index contributed by atoms with van der Waals surface area (Å²) in [7, 11) is 0. The van der Waals surface area contributed by atoms with Crippen LogP contribution in [0.5, 0.6) is 0 Å². The summed E-state index contributed by atoms with van der Waals surface area (Å²) in [6.07, 6.45) is 3.93. The van der Waals surface area contributed by atoms with Crippen LogP contribution in [0.15, 0.2) is 104 Å². The van der Waals surface area contributed by atoms with Gasteiger partial charge in [-0.1, -0.05) is 97.1 Å². The lowest BCUT2D eigenvalue weighted by molar-refractivity contribution is -0.128. The normalized spacial score (nSPS) is 12.0. The first-order valence-electron chi connectivity index (χ1n) is 10.9. The second-order valence-corrected chi connectivity index (χ2v) is 7.92. The number of allylic oxidation sites excluding steroid dienone is 1. The first kappa shape index (κ1) is 23.0. The van der Waals surface area contributed by atoms with Crippen molar-refractivity contribution in [2.24, 2.45) is 5.73 Å². The number of hydrogen-bond donors (Lipinski definition) is 2. The molecule has 164 valence electrons. The molecule has 0 unspecified atom stereocenters. The fourth-order valence-corrected chi connectivity index (χ4v) is 4.21. The van der Waals surface area contributed by atoms with Gasteiger partial charge in [-0.25, -0.2) is 0 Å². The van der Waals surface area contributed by atoms with E-state index in [1.54, 1.807) is 6.08 Å². The Morgan fingerprint density at radius 3 is 1.66 bits per heavy atom. The zero-order chi connectivity index (χ0) is 22.8. The molecular formula is C28H30N2O2. The average Bonchev–Trinajstić information content (AvgIpc) is 2.83. The van der Waals surface area contributed by atoms with E-state index in [-0.39, 0.29) is 12.3 Å². The van der Waals surface area contributed by atoms with Gasteiger partial charge in [0.05, 0.1) is 5.41 Å². The topological polar surface area (TPSA) is 72.2 Å². The third-order valence-electron chi connectivity index (χ3n) is 5.81. The molecule has 0 aliphatic heterocycles. The zero-order valence-electron chi connectivity index (χ0n) is 18.2. The van der Waals surface area contributed by atoms with Gasteiger partial charge in [0.25, 0.3) is 0 Å². The summed E-state index contributed by atoms with van der Waals surface area (Å²) in [6, 6.07) is 29.3. The Bertz CT molecular complexity index is 920. The number of carbonyl (C=O) groups excluding carboxylic acids is 2. The summed E-state index contributed by atoms with van der Waals surface area (Å²) in [5.74, 6) is -0.740. The van der Waals surface area contributed by atoms with E-state index in [4.69, 9.17) is 5.73 Å². The summed E-state index contributed by atoms with van der Waals surface area (Å²) < 4.78 is 0. The molecule has 4 nitrogen and oxygen atoms in total. The van der Waals surface area contributed by atoms with Gasteiger partial charge in [0.2, 0.25) is 11.8 Å². The minimum atomic E-state index is -0.711. The first-order valence-corrected chi connectivity index (χ1v) is 10.9. The molecule has 3 N–H and O–H groups in total. The quantitative estimate of drug-likeness (QED) is 0.264. The highest BCUT2D eigenvalue weighted by Gasteiger charge is 2.39. The number of rotatable bonds is 11. The van der Waals surface area contributed by atoms with E-state index in [9.17, 15) is 9.59 Å². The van der Waals surface area contributed by atoms with Gasteiger partial charge in [-0.2, -0.15) is 0 Å². The molecule has 4 heteroatoms. The number of carbonyl (C=O) groups is 2. The first-order chi connectivity index (χ1) is 15.6. The van der Waals surface area contributed by atoms with E-state index in [0.29, 0.717) is 6.42 Å². The predicted octanol–water partition coefficient (Wildman–Crippen LogP) is 4.74. The molecule has 0 fully saturated rings. The average molecular weight is 427 g/mol. The van der Waals surface area contributed by atoms with Crippen LogP contribution in [0.1, 0.15) is 42.4 Å². The summed E-state index contributed by atoms with van der Waals surface area (Å²) in [4.78, 5) is 25.4. The minimum Gasteiger partial charge on any atom is -0.368 e. The fraction of sp³-hybridized carbons (Fsp3) is 0.214. The van der Waals surface area contributed by atoms with E-state index in [0.717, 1.165) is 29.5 Å². The highest BCUT2D eigenvalue weighted by Crippen LogP contribution is 2.42. The van der Waals surface area contributed by atoms with Crippen LogP contribution in [0, 0.1) is 0 Å². The Kier molecular flexibility index (Phi) is 7.98. The van der Waals surface area contributed by atoms with E-state index in [1.807, 2.05) is 91.0 Å². The van der Waals surface area contributed by atoms with Crippen LogP contribution in [0.3, 0.4) is 0 Å². The van der Waals surface area contributed by atoms with E-state index < -0.39 is 17.4 Å². The lowest BCUT2D eigenvalue weighted by Crippen LogP contribution is -2.46. The van der Waals surface area contributed by atoms with Crippen molar-refractivity contribution in [2.45, 2.75) is 37.1 Å². The van der Waals surface area contributed by atoms with E-state index >= 15 is 0 Å². The molecule has 2 amide bonds. The number of nitrogens with two attached hydrogens (primary N) is 1. The molecule has 0 saturated carbocycles. The number of amides is 2. The van der Waals surface area contributed by atoms with E-state index in [2.05, 4.69) is 11.9 Å². The van der Waals surface area contributed by atoms with E-state index in [1.165, 1.54) is 0 Å². The van der Waals surface area contributed by atoms with Crippen LogP contribution >= 0.6 is 0 Å². The highest BCUT2D eigenvalue weighted by atomic mass is 16.2. The Morgan fingerprint density at radius 2 is 1.28 bits per heavy atom. The smallest absolute Gasteiger partial charge is 0.239 e. The Labute approximate surface area is 190 Å². The summed E-state index contributed by atoms with van der Waals surface area (Å²) in [5.41, 5.74) is 7.90. The van der Waals surface area contributed by atoms with Crippen LogP contribution < -0.4 is 11.1 Å². The lowest BCUT2D eigenvalue weighted by Gasteiger charge is -2.36. The third-order valence-corrected chi connectivity index (χ3v) is 5.81. The monoisotopic (exact) mass is 426 g/mol. The maximum Gasteiger partial charge on any atom is 0.239 e. The van der Waals surface area contributed by atoms with Crippen LogP contribution in [-0.4, -0.2) is 17.9 Å². The molecule has 0 heterocycles. The Balaban J connectivity index is 2.04. The van der Waals surface area contributed by atoms with Crippen molar-refractivity contribution >= 4 is 11.8 Å². The molecule has 0 aromatic heterocycles. The standard InChI is InChI=1S/C28H30N2O2/c1-2-3-7-20-25(27(29)32)30-26(31)21-28(22-14-8-4-9-15-22,23-16-10-5-11-17-23)24-18-12-6-13-19-24/h2,4-6,8-19,25H,1,3,7,20-21H2,(H2,29,32)(H,30,31)/t25-/m1/s1. The fourth-order valence-electron chi connectivity index (χ4n) is 4.21. The molecule has 0 spiro atoms. The largest absolute Gasteiger partial charge is 0.368 e. The molecular weight excluding hydrogens is 396 g/mol. The van der Waals surface area contributed by atoms with Crippen molar-refractivity contribution < 1.29 is 9.59 Å². The number of unbranched alkanes of at least 4 members (excludes halogenated alkanes) is 1. The van der Waals surface area contributed by atoms with Crippen LogP contribution in [-0.2, 0) is 15.0 Å².